The number of carbonyl (C=O) groups is 1. The molecule has 0 fully saturated rings. The number of esters is 1. The quantitative estimate of drug-likeness (QED) is 0.477. The second-order valence-corrected chi connectivity index (χ2v) is 4.95. The molecule has 0 spiro atoms. The zero-order valence-electron chi connectivity index (χ0n) is 10.5. The number of hydrogen-bond acceptors (Lipinski definition) is 2. The first-order valence-corrected chi connectivity index (χ1v) is 6.65. The molecule has 0 aliphatic rings. The zero-order valence-corrected chi connectivity index (χ0v) is 12.1. The van der Waals surface area contributed by atoms with E-state index < -0.39 is 5.97 Å². The summed E-state index contributed by atoms with van der Waals surface area (Å²) in [6.45, 7) is 1.98. The third-order valence-corrected chi connectivity index (χ3v) is 3.13. The Morgan fingerprint density at radius 2 is 1.89 bits per heavy atom. The van der Waals surface area contributed by atoms with Crippen molar-refractivity contribution < 1.29 is 9.53 Å². The van der Waals surface area contributed by atoms with Gasteiger partial charge in [-0.15, -0.1) is 0 Å². The van der Waals surface area contributed by atoms with E-state index in [4.69, 9.17) is 4.74 Å². The summed E-state index contributed by atoms with van der Waals surface area (Å²) in [6, 6.07) is 15.2. The molecule has 0 saturated heterocycles. The zero-order chi connectivity index (χ0) is 13.7. The fraction of sp³-hybridized carbons (Fsp3) is 0.0625. The minimum Gasteiger partial charge on any atom is -0.422 e. The summed E-state index contributed by atoms with van der Waals surface area (Å²) in [5.74, 6) is 0.127. The molecule has 2 aromatic carbocycles. The Hall–Kier alpha value is -1.87. The highest BCUT2D eigenvalue weighted by Crippen LogP contribution is 2.25. The fourth-order valence-corrected chi connectivity index (χ4v) is 2.13. The van der Waals surface area contributed by atoms with Crippen molar-refractivity contribution in [3.63, 3.8) is 0 Å². The van der Waals surface area contributed by atoms with E-state index in [-0.39, 0.29) is 0 Å². The van der Waals surface area contributed by atoms with Gasteiger partial charge in [0.05, 0.1) is 4.47 Å². The van der Waals surface area contributed by atoms with Gasteiger partial charge >= 0.3 is 5.97 Å². The second kappa shape index (κ2) is 6.34. The summed E-state index contributed by atoms with van der Waals surface area (Å²) in [7, 11) is 0. The monoisotopic (exact) mass is 316 g/mol. The van der Waals surface area contributed by atoms with Crippen LogP contribution < -0.4 is 4.74 Å². The topological polar surface area (TPSA) is 26.3 Å². The molecule has 0 N–H and O–H groups in total. The van der Waals surface area contributed by atoms with Crippen molar-refractivity contribution in [2.45, 2.75) is 6.92 Å². The molecule has 2 nitrogen and oxygen atoms in total. The lowest BCUT2D eigenvalue weighted by molar-refractivity contribution is -0.128. The summed E-state index contributed by atoms with van der Waals surface area (Å²) in [4.78, 5) is 11.7. The third-order valence-electron chi connectivity index (χ3n) is 2.51. The molecule has 0 amide bonds. The normalized spacial score (nSPS) is 10.6. The molecule has 0 saturated carbocycles. The number of rotatable bonds is 3. The maximum absolute atomic E-state index is 11.7. The van der Waals surface area contributed by atoms with Crippen LogP contribution in [0, 0.1) is 6.92 Å². The summed E-state index contributed by atoms with van der Waals surface area (Å²) in [5.41, 5.74) is 2.06. The van der Waals surface area contributed by atoms with Gasteiger partial charge in [-0.1, -0.05) is 36.4 Å². The standard InChI is InChI=1S/C16H13BrO2/c1-12-7-9-15(14(17)11-12)19-16(18)10-8-13-5-3-2-4-6-13/h2-11H,1H3/b10-8+. The molecule has 3 heteroatoms. The number of carbonyl (C=O) groups excluding carboxylic acids is 1. The third kappa shape index (κ3) is 4.07. The first-order chi connectivity index (χ1) is 9.15. The van der Waals surface area contributed by atoms with Crippen LogP contribution in [0.1, 0.15) is 11.1 Å². The fourth-order valence-electron chi connectivity index (χ4n) is 1.56. The van der Waals surface area contributed by atoms with Crippen LogP contribution in [0.2, 0.25) is 0 Å². The highest BCUT2D eigenvalue weighted by molar-refractivity contribution is 9.10. The number of halogens is 1. The van der Waals surface area contributed by atoms with Crippen LogP contribution >= 0.6 is 15.9 Å². The lowest BCUT2D eigenvalue weighted by Crippen LogP contribution is -2.04. The molecule has 0 aliphatic heterocycles. The molecule has 2 aromatic rings. The van der Waals surface area contributed by atoms with Crippen LogP contribution in [-0.2, 0) is 4.79 Å². The highest BCUT2D eigenvalue weighted by atomic mass is 79.9. The van der Waals surface area contributed by atoms with Crippen LogP contribution in [0.25, 0.3) is 6.08 Å². The van der Waals surface area contributed by atoms with Crippen molar-refractivity contribution >= 4 is 28.0 Å². The Morgan fingerprint density at radius 1 is 1.16 bits per heavy atom. The molecule has 0 bridgehead atoms. The largest absolute Gasteiger partial charge is 0.422 e. The molecule has 0 aliphatic carbocycles. The summed E-state index contributed by atoms with van der Waals surface area (Å²) >= 11 is 3.37. The lowest BCUT2D eigenvalue weighted by atomic mass is 10.2. The number of benzene rings is 2. The molecule has 19 heavy (non-hydrogen) atoms. The molecule has 0 atom stereocenters. The molecule has 0 radical (unpaired) electrons. The van der Waals surface area contributed by atoms with Gasteiger partial charge in [0.15, 0.2) is 0 Å². The van der Waals surface area contributed by atoms with Crippen molar-refractivity contribution in [3.8, 4) is 5.75 Å². The number of aryl methyl sites for hydroxylation is 1. The number of hydrogen-bond donors (Lipinski definition) is 0. The van der Waals surface area contributed by atoms with Crippen LogP contribution in [0.5, 0.6) is 5.75 Å². The maximum atomic E-state index is 11.7. The van der Waals surface area contributed by atoms with E-state index in [2.05, 4.69) is 15.9 Å². The van der Waals surface area contributed by atoms with Gasteiger partial charge in [0.25, 0.3) is 0 Å². The van der Waals surface area contributed by atoms with Gasteiger partial charge in [-0.2, -0.15) is 0 Å². The van der Waals surface area contributed by atoms with E-state index in [1.54, 1.807) is 12.1 Å². The van der Waals surface area contributed by atoms with Crippen molar-refractivity contribution in [3.05, 3.63) is 70.2 Å². The van der Waals surface area contributed by atoms with Gasteiger partial charge in [0.2, 0.25) is 0 Å². The van der Waals surface area contributed by atoms with E-state index in [9.17, 15) is 4.79 Å². The van der Waals surface area contributed by atoms with Gasteiger partial charge in [0.1, 0.15) is 5.75 Å². The van der Waals surface area contributed by atoms with Gasteiger partial charge in [-0.3, -0.25) is 0 Å². The van der Waals surface area contributed by atoms with Gasteiger partial charge < -0.3 is 4.74 Å². The predicted molar refractivity (Wildman–Crippen MR) is 80.0 cm³/mol. The van der Waals surface area contributed by atoms with E-state index in [0.29, 0.717) is 5.75 Å². The Labute approximate surface area is 120 Å². The summed E-state index contributed by atoms with van der Waals surface area (Å²) in [5, 5.41) is 0. The average Bonchev–Trinajstić information content (AvgIpc) is 2.41. The molecular weight excluding hydrogens is 304 g/mol. The molecular formula is C16H13BrO2. The maximum Gasteiger partial charge on any atom is 0.336 e. The Morgan fingerprint density at radius 3 is 2.58 bits per heavy atom. The van der Waals surface area contributed by atoms with Crippen LogP contribution in [0.3, 0.4) is 0 Å². The Kier molecular flexibility index (Phi) is 4.53. The second-order valence-electron chi connectivity index (χ2n) is 4.10. The molecule has 0 unspecified atom stereocenters. The number of ether oxygens (including phenoxy) is 1. The summed E-state index contributed by atoms with van der Waals surface area (Å²) < 4.78 is 6.02. The van der Waals surface area contributed by atoms with Gasteiger partial charge in [-0.05, 0) is 52.2 Å². The van der Waals surface area contributed by atoms with Crippen LogP contribution in [0.15, 0.2) is 59.1 Å². The Balaban J connectivity index is 2.04. The van der Waals surface area contributed by atoms with Crippen molar-refractivity contribution in [2.75, 3.05) is 0 Å². The lowest BCUT2D eigenvalue weighted by Gasteiger charge is -2.04. The highest BCUT2D eigenvalue weighted by Gasteiger charge is 2.05. The van der Waals surface area contributed by atoms with E-state index >= 15 is 0 Å². The van der Waals surface area contributed by atoms with E-state index in [0.717, 1.165) is 15.6 Å². The first-order valence-electron chi connectivity index (χ1n) is 5.86. The molecule has 0 aromatic heterocycles. The van der Waals surface area contributed by atoms with E-state index in [1.165, 1.54) is 6.08 Å². The minimum atomic E-state index is -0.395. The van der Waals surface area contributed by atoms with Gasteiger partial charge in [-0.25, -0.2) is 4.79 Å². The molecule has 0 heterocycles. The average molecular weight is 317 g/mol. The van der Waals surface area contributed by atoms with Crippen LogP contribution in [-0.4, -0.2) is 5.97 Å². The van der Waals surface area contributed by atoms with Crippen molar-refractivity contribution in [2.24, 2.45) is 0 Å². The summed E-state index contributed by atoms with van der Waals surface area (Å²) in [6.07, 6.45) is 3.14. The van der Waals surface area contributed by atoms with Crippen LogP contribution in [0.4, 0.5) is 0 Å². The molecule has 2 rings (SSSR count). The first kappa shape index (κ1) is 13.6. The van der Waals surface area contributed by atoms with Gasteiger partial charge in [0, 0.05) is 6.08 Å². The SMILES string of the molecule is Cc1ccc(OC(=O)/C=C/c2ccccc2)c(Br)c1. The van der Waals surface area contributed by atoms with E-state index in [1.807, 2.05) is 49.4 Å². The minimum absolute atomic E-state index is 0.395. The Bertz CT molecular complexity index is 603. The molecule has 96 valence electrons. The van der Waals surface area contributed by atoms with Crippen molar-refractivity contribution in [1.82, 2.24) is 0 Å². The van der Waals surface area contributed by atoms with Crippen molar-refractivity contribution in [1.29, 1.82) is 0 Å². The predicted octanol–water partition coefficient (Wildman–Crippen LogP) is 4.38. The smallest absolute Gasteiger partial charge is 0.336 e.